The molecule has 116 valence electrons. The Morgan fingerprint density at radius 2 is 1.62 bits per heavy atom. The number of methoxy groups -OCH3 is 3. The predicted octanol–water partition coefficient (Wildman–Crippen LogP) is 0.523. The number of carbonyl (C=O) groups is 3. The van der Waals surface area contributed by atoms with Crippen molar-refractivity contribution in [1.82, 2.24) is 0 Å². The quantitative estimate of drug-likeness (QED) is 0.794. The zero-order valence-corrected chi connectivity index (χ0v) is 12.2. The molecule has 0 fully saturated rings. The lowest BCUT2D eigenvalue weighted by atomic mass is 10.2. The zero-order chi connectivity index (χ0) is 16.3. The van der Waals surface area contributed by atoms with Gasteiger partial charge in [0, 0.05) is 7.11 Å². The maximum Gasteiger partial charge on any atom is 0.337 e. The van der Waals surface area contributed by atoms with Gasteiger partial charge in [0.1, 0.15) is 6.10 Å². The second-order valence-corrected chi connectivity index (χ2v) is 3.76. The molecule has 0 aliphatic carbocycles. The van der Waals surface area contributed by atoms with Crippen LogP contribution in [-0.2, 0) is 23.8 Å². The monoisotopic (exact) mass is 297 g/mol. The van der Waals surface area contributed by atoms with E-state index in [-0.39, 0.29) is 12.4 Å². The van der Waals surface area contributed by atoms with Gasteiger partial charge in [0.2, 0.25) is 5.91 Å². The summed E-state index contributed by atoms with van der Waals surface area (Å²) in [5, 5.41) is 0. The number of ether oxygens (including phenoxy) is 3. The highest BCUT2D eigenvalue weighted by Crippen LogP contribution is 1.99. The normalized spacial score (nSPS) is 10.6. The molecule has 7 heteroatoms. The number of amides is 1. The lowest BCUT2D eigenvalue weighted by Crippen LogP contribution is -2.32. The van der Waals surface area contributed by atoms with Crippen molar-refractivity contribution < 1.29 is 28.6 Å². The van der Waals surface area contributed by atoms with Gasteiger partial charge in [-0.2, -0.15) is 0 Å². The highest BCUT2D eigenvalue weighted by molar-refractivity contribution is 5.89. The summed E-state index contributed by atoms with van der Waals surface area (Å²) >= 11 is 0. The fraction of sp³-hybridized carbons (Fsp3) is 0.357. The van der Waals surface area contributed by atoms with E-state index in [9.17, 15) is 14.4 Å². The van der Waals surface area contributed by atoms with Crippen molar-refractivity contribution >= 4 is 17.8 Å². The molecule has 2 N–H and O–H groups in total. The molecule has 1 atom stereocenters. The number of rotatable bonds is 5. The molecule has 0 spiro atoms. The van der Waals surface area contributed by atoms with Crippen LogP contribution in [-0.4, -0.2) is 45.3 Å². The minimum atomic E-state index is -0.887. The number of benzene rings is 1. The molecular formula is C14H19NO6. The summed E-state index contributed by atoms with van der Waals surface area (Å²) in [5.41, 5.74) is 5.47. The van der Waals surface area contributed by atoms with Crippen LogP contribution in [0, 0.1) is 0 Å². The van der Waals surface area contributed by atoms with Gasteiger partial charge in [0.25, 0.3) is 0 Å². The van der Waals surface area contributed by atoms with Gasteiger partial charge in [-0.1, -0.05) is 18.2 Å². The second-order valence-electron chi connectivity index (χ2n) is 3.76. The highest BCUT2D eigenvalue weighted by atomic mass is 16.5. The summed E-state index contributed by atoms with van der Waals surface area (Å²) in [6, 6.07) is 8.88. The standard InChI is InChI=1S/C8H8O2.C6H11NO4/c1-10-8(9)7-5-3-2-4-6-7;1-10-4(6(7)9)3-5(8)11-2/h2-6H,1H3;4H,3H2,1-2H3,(H2,7,9). The van der Waals surface area contributed by atoms with E-state index in [1.54, 1.807) is 24.3 Å². The van der Waals surface area contributed by atoms with E-state index in [4.69, 9.17) is 5.73 Å². The van der Waals surface area contributed by atoms with Crippen LogP contribution in [0.1, 0.15) is 16.8 Å². The summed E-state index contributed by atoms with van der Waals surface area (Å²) < 4.78 is 13.4. The summed E-state index contributed by atoms with van der Waals surface area (Å²) in [5.74, 6) is -1.48. The van der Waals surface area contributed by atoms with Gasteiger partial charge in [-0.05, 0) is 12.1 Å². The van der Waals surface area contributed by atoms with Gasteiger partial charge in [-0.25, -0.2) is 4.79 Å². The predicted molar refractivity (Wildman–Crippen MR) is 74.4 cm³/mol. The molecule has 0 aliphatic heterocycles. The fourth-order valence-electron chi connectivity index (χ4n) is 1.23. The van der Waals surface area contributed by atoms with Crippen LogP contribution < -0.4 is 5.73 Å². The van der Waals surface area contributed by atoms with Gasteiger partial charge < -0.3 is 19.9 Å². The van der Waals surface area contributed by atoms with Crippen LogP contribution >= 0.6 is 0 Å². The third-order valence-corrected chi connectivity index (χ3v) is 2.38. The van der Waals surface area contributed by atoms with Crippen molar-refractivity contribution in [3.63, 3.8) is 0 Å². The first-order chi connectivity index (χ1) is 9.96. The second kappa shape index (κ2) is 10.4. The van der Waals surface area contributed by atoms with Crippen molar-refractivity contribution in [2.45, 2.75) is 12.5 Å². The molecule has 0 aromatic heterocycles. The molecule has 1 aromatic carbocycles. The first-order valence-electron chi connectivity index (χ1n) is 5.98. The first-order valence-corrected chi connectivity index (χ1v) is 5.98. The van der Waals surface area contributed by atoms with Crippen molar-refractivity contribution in [2.75, 3.05) is 21.3 Å². The largest absolute Gasteiger partial charge is 0.469 e. The van der Waals surface area contributed by atoms with Crippen molar-refractivity contribution in [1.29, 1.82) is 0 Å². The average molecular weight is 297 g/mol. The number of esters is 2. The van der Waals surface area contributed by atoms with Crippen LogP contribution in [0.25, 0.3) is 0 Å². The van der Waals surface area contributed by atoms with Crippen LogP contribution in [0.15, 0.2) is 30.3 Å². The molecule has 0 radical (unpaired) electrons. The van der Waals surface area contributed by atoms with Crippen LogP contribution in [0.4, 0.5) is 0 Å². The maximum absolute atomic E-state index is 10.8. The molecule has 0 aliphatic rings. The molecule has 7 nitrogen and oxygen atoms in total. The third-order valence-electron chi connectivity index (χ3n) is 2.38. The molecular weight excluding hydrogens is 278 g/mol. The number of primary amides is 1. The molecule has 0 heterocycles. The molecule has 0 saturated heterocycles. The Morgan fingerprint density at radius 3 is 2.00 bits per heavy atom. The molecule has 21 heavy (non-hydrogen) atoms. The Bertz CT molecular complexity index is 460. The number of hydrogen-bond donors (Lipinski definition) is 1. The molecule has 0 bridgehead atoms. The molecule has 1 amide bonds. The van der Waals surface area contributed by atoms with E-state index in [2.05, 4.69) is 14.2 Å². The van der Waals surface area contributed by atoms with E-state index in [0.29, 0.717) is 5.56 Å². The van der Waals surface area contributed by atoms with Crippen LogP contribution in [0.3, 0.4) is 0 Å². The Balaban J connectivity index is 0.000000382. The van der Waals surface area contributed by atoms with E-state index in [1.165, 1.54) is 21.3 Å². The number of nitrogens with two attached hydrogens (primary N) is 1. The summed E-state index contributed by atoms with van der Waals surface area (Å²) in [6.07, 6.45) is -1.02. The molecule has 1 rings (SSSR count). The van der Waals surface area contributed by atoms with Crippen LogP contribution in [0.5, 0.6) is 0 Å². The Hall–Kier alpha value is -2.41. The van der Waals surface area contributed by atoms with Crippen molar-refractivity contribution in [3.05, 3.63) is 35.9 Å². The van der Waals surface area contributed by atoms with E-state index in [0.717, 1.165) is 0 Å². The molecule has 0 saturated carbocycles. The van der Waals surface area contributed by atoms with E-state index < -0.39 is 18.0 Å². The smallest absolute Gasteiger partial charge is 0.337 e. The topological polar surface area (TPSA) is 105 Å². The maximum atomic E-state index is 10.8. The van der Waals surface area contributed by atoms with Gasteiger partial charge in [0.15, 0.2) is 0 Å². The highest BCUT2D eigenvalue weighted by Gasteiger charge is 2.18. The lowest BCUT2D eigenvalue weighted by Gasteiger charge is -2.08. The van der Waals surface area contributed by atoms with Gasteiger partial charge >= 0.3 is 11.9 Å². The zero-order valence-electron chi connectivity index (χ0n) is 12.2. The van der Waals surface area contributed by atoms with Gasteiger partial charge in [-0.3, -0.25) is 9.59 Å². The number of carbonyl (C=O) groups excluding carboxylic acids is 3. The van der Waals surface area contributed by atoms with Gasteiger partial charge in [0.05, 0.1) is 26.2 Å². The molecule has 1 unspecified atom stereocenters. The van der Waals surface area contributed by atoms with Gasteiger partial charge in [-0.15, -0.1) is 0 Å². The third kappa shape index (κ3) is 7.68. The Labute approximate surface area is 123 Å². The van der Waals surface area contributed by atoms with Crippen molar-refractivity contribution in [2.24, 2.45) is 5.73 Å². The summed E-state index contributed by atoms with van der Waals surface area (Å²) in [6.45, 7) is 0. The Morgan fingerprint density at radius 1 is 1.05 bits per heavy atom. The molecule has 1 aromatic rings. The average Bonchev–Trinajstić information content (AvgIpc) is 2.52. The van der Waals surface area contributed by atoms with E-state index >= 15 is 0 Å². The Kier molecular flexibility index (Phi) is 9.19. The SMILES string of the molecule is COC(=O)CC(OC)C(N)=O.COC(=O)c1ccccc1. The summed E-state index contributed by atoms with van der Waals surface area (Å²) in [4.78, 5) is 31.8. The fourth-order valence-corrected chi connectivity index (χ4v) is 1.23. The first kappa shape index (κ1) is 18.6. The minimum absolute atomic E-state index is 0.137. The minimum Gasteiger partial charge on any atom is -0.469 e. The lowest BCUT2D eigenvalue weighted by molar-refractivity contribution is -0.147. The van der Waals surface area contributed by atoms with Crippen molar-refractivity contribution in [3.8, 4) is 0 Å². The van der Waals surface area contributed by atoms with E-state index in [1.807, 2.05) is 6.07 Å². The number of hydrogen-bond acceptors (Lipinski definition) is 6. The van der Waals surface area contributed by atoms with Crippen LogP contribution in [0.2, 0.25) is 0 Å². The summed E-state index contributed by atoms with van der Waals surface area (Å²) in [7, 11) is 3.91.